The fourth-order valence-electron chi connectivity index (χ4n) is 2.34. The molecule has 2 aromatic rings. The van der Waals surface area contributed by atoms with E-state index in [2.05, 4.69) is 11.9 Å². The SMILES string of the molecule is C=CCOc1ccc(C[NH+](C)CC(=O)Nc2cccc(Cl)c2Cl)cc1. The molecule has 0 fully saturated rings. The minimum atomic E-state index is -0.118. The van der Waals surface area contributed by atoms with Gasteiger partial charge in [-0.15, -0.1) is 0 Å². The smallest absolute Gasteiger partial charge is 0.279 e. The second-order valence-corrected chi connectivity index (χ2v) is 6.49. The Hall–Kier alpha value is -2.01. The van der Waals surface area contributed by atoms with Crippen LogP contribution in [0.4, 0.5) is 5.69 Å². The normalized spacial score (nSPS) is 11.6. The molecule has 0 radical (unpaired) electrons. The van der Waals surface area contributed by atoms with E-state index in [0.29, 0.717) is 28.9 Å². The van der Waals surface area contributed by atoms with Gasteiger partial charge >= 0.3 is 0 Å². The molecule has 25 heavy (non-hydrogen) atoms. The van der Waals surface area contributed by atoms with E-state index in [0.717, 1.165) is 22.8 Å². The van der Waals surface area contributed by atoms with Crippen molar-refractivity contribution < 1.29 is 14.4 Å². The number of rotatable bonds is 8. The Bertz CT molecular complexity index is 733. The van der Waals surface area contributed by atoms with Crippen LogP contribution in [0.3, 0.4) is 0 Å². The predicted molar refractivity (Wildman–Crippen MR) is 103 cm³/mol. The topological polar surface area (TPSA) is 42.8 Å². The van der Waals surface area contributed by atoms with E-state index in [-0.39, 0.29) is 5.91 Å². The average Bonchev–Trinajstić information content (AvgIpc) is 2.58. The summed E-state index contributed by atoms with van der Waals surface area (Å²) < 4.78 is 5.45. The van der Waals surface area contributed by atoms with Gasteiger partial charge in [0.1, 0.15) is 18.9 Å². The molecule has 0 aliphatic carbocycles. The van der Waals surface area contributed by atoms with Crippen molar-refractivity contribution in [3.8, 4) is 5.75 Å². The first-order valence-corrected chi connectivity index (χ1v) is 8.63. The lowest BCUT2D eigenvalue weighted by atomic mass is 10.2. The Morgan fingerprint density at radius 1 is 1.24 bits per heavy atom. The molecule has 132 valence electrons. The van der Waals surface area contributed by atoms with Crippen molar-refractivity contribution in [3.05, 3.63) is 70.7 Å². The van der Waals surface area contributed by atoms with E-state index in [1.165, 1.54) is 0 Å². The number of benzene rings is 2. The molecule has 0 bridgehead atoms. The van der Waals surface area contributed by atoms with Gasteiger partial charge in [-0.25, -0.2) is 0 Å². The molecule has 0 spiro atoms. The summed E-state index contributed by atoms with van der Waals surface area (Å²) >= 11 is 12.0. The van der Waals surface area contributed by atoms with Crippen LogP contribution >= 0.6 is 23.2 Å². The van der Waals surface area contributed by atoms with E-state index in [1.54, 1.807) is 24.3 Å². The molecule has 0 aromatic heterocycles. The van der Waals surface area contributed by atoms with Gasteiger partial charge in [0.15, 0.2) is 6.54 Å². The highest BCUT2D eigenvalue weighted by Gasteiger charge is 2.13. The molecule has 0 aliphatic heterocycles. The zero-order chi connectivity index (χ0) is 18.2. The fourth-order valence-corrected chi connectivity index (χ4v) is 2.69. The molecule has 1 amide bonds. The Morgan fingerprint density at radius 3 is 2.64 bits per heavy atom. The number of hydrogen-bond acceptors (Lipinski definition) is 2. The maximum absolute atomic E-state index is 12.2. The number of nitrogens with one attached hydrogen (secondary N) is 2. The van der Waals surface area contributed by atoms with Crippen molar-refractivity contribution in [1.29, 1.82) is 0 Å². The van der Waals surface area contributed by atoms with Gasteiger partial charge in [0.25, 0.3) is 5.91 Å². The molecule has 2 aromatic carbocycles. The van der Waals surface area contributed by atoms with Crippen molar-refractivity contribution in [2.75, 3.05) is 25.5 Å². The molecular weight excluding hydrogens is 359 g/mol. The van der Waals surface area contributed by atoms with Crippen LogP contribution in [0.5, 0.6) is 5.75 Å². The van der Waals surface area contributed by atoms with Gasteiger partial charge in [0.2, 0.25) is 0 Å². The average molecular weight is 380 g/mol. The Balaban J connectivity index is 1.86. The number of halogens is 2. The first-order chi connectivity index (χ1) is 12.0. The molecule has 0 aliphatic rings. The third kappa shape index (κ3) is 6.09. The third-order valence-corrected chi connectivity index (χ3v) is 4.30. The first kappa shape index (κ1) is 19.3. The Morgan fingerprint density at radius 2 is 1.96 bits per heavy atom. The first-order valence-electron chi connectivity index (χ1n) is 7.87. The lowest BCUT2D eigenvalue weighted by molar-refractivity contribution is -0.885. The van der Waals surface area contributed by atoms with Gasteiger partial charge < -0.3 is 15.0 Å². The molecule has 0 saturated carbocycles. The van der Waals surface area contributed by atoms with Gasteiger partial charge in [-0.3, -0.25) is 4.79 Å². The summed E-state index contributed by atoms with van der Waals surface area (Å²) in [6, 6.07) is 13.0. The van der Waals surface area contributed by atoms with E-state index in [4.69, 9.17) is 27.9 Å². The number of anilines is 1. The number of likely N-dealkylation sites (N-methyl/N-ethyl adjacent to an activating group) is 1. The highest BCUT2D eigenvalue weighted by atomic mass is 35.5. The highest BCUT2D eigenvalue weighted by Crippen LogP contribution is 2.29. The van der Waals surface area contributed by atoms with Crippen molar-refractivity contribution in [2.45, 2.75) is 6.54 Å². The summed E-state index contributed by atoms with van der Waals surface area (Å²) in [5.41, 5.74) is 1.65. The second kappa shape index (κ2) is 9.47. The van der Waals surface area contributed by atoms with Crippen LogP contribution in [0.2, 0.25) is 10.0 Å². The fraction of sp³-hybridized carbons (Fsp3) is 0.211. The van der Waals surface area contributed by atoms with E-state index in [9.17, 15) is 4.79 Å². The maximum Gasteiger partial charge on any atom is 0.279 e. The predicted octanol–water partition coefficient (Wildman–Crippen LogP) is 3.21. The monoisotopic (exact) mass is 379 g/mol. The molecule has 1 unspecified atom stereocenters. The Kier molecular flexibility index (Phi) is 7.31. The van der Waals surface area contributed by atoms with Crippen molar-refractivity contribution in [3.63, 3.8) is 0 Å². The summed E-state index contributed by atoms with van der Waals surface area (Å²) in [5.74, 6) is 0.683. The molecule has 2 rings (SSSR count). The zero-order valence-electron chi connectivity index (χ0n) is 14.0. The standard InChI is InChI=1S/C19H20Cl2N2O2/c1-3-11-25-15-9-7-14(8-10-15)12-23(2)13-18(24)22-17-6-4-5-16(20)19(17)21/h3-10H,1,11-13H2,2H3,(H,22,24)/p+1. The number of carbonyl (C=O) groups excluding carboxylic acids is 1. The van der Waals surface area contributed by atoms with Crippen molar-refractivity contribution in [1.82, 2.24) is 0 Å². The summed E-state index contributed by atoms with van der Waals surface area (Å²) in [6.45, 7) is 5.14. The molecule has 0 saturated heterocycles. The van der Waals surface area contributed by atoms with Gasteiger partial charge in [0, 0.05) is 5.56 Å². The van der Waals surface area contributed by atoms with Gasteiger partial charge in [-0.1, -0.05) is 41.9 Å². The summed E-state index contributed by atoms with van der Waals surface area (Å²) in [7, 11) is 1.96. The van der Waals surface area contributed by atoms with E-state index < -0.39 is 0 Å². The number of quaternary nitrogens is 1. The van der Waals surface area contributed by atoms with Crippen molar-refractivity contribution in [2.24, 2.45) is 0 Å². The minimum absolute atomic E-state index is 0.118. The summed E-state index contributed by atoms with van der Waals surface area (Å²) in [6.07, 6.45) is 1.70. The van der Waals surface area contributed by atoms with Crippen LogP contribution in [0.25, 0.3) is 0 Å². The van der Waals surface area contributed by atoms with Crippen LogP contribution in [0, 0.1) is 0 Å². The van der Waals surface area contributed by atoms with E-state index in [1.807, 2.05) is 31.3 Å². The molecular formula is C19H21Cl2N2O2+. The van der Waals surface area contributed by atoms with Crippen LogP contribution in [-0.2, 0) is 11.3 Å². The van der Waals surface area contributed by atoms with Gasteiger partial charge in [-0.05, 0) is 36.4 Å². The van der Waals surface area contributed by atoms with Crippen LogP contribution in [-0.4, -0.2) is 26.1 Å². The van der Waals surface area contributed by atoms with Gasteiger partial charge in [-0.2, -0.15) is 0 Å². The molecule has 6 heteroatoms. The maximum atomic E-state index is 12.2. The highest BCUT2D eigenvalue weighted by molar-refractivity contribution is 6.43. The molecule has 1 atom stereocenters. The summed E-state index contributed by atoms with van der Waals surface area (Å²) in [5, 5.41) is 3.56. The van der Waals surface area contributed by atoms with Gasteiger partial charge in [0.05, 0.1) is 22.8 Å². The molecule has 4 nitrogen and oxygen atoms in total. The third-order valence-electron chi connectivity index (χ3n) is 3.49. The minimum Gasteiger partial charge on any atom is -0.490 e. The Labute approximate surface area is 158 Å². The lowest BCUT2D eigenvalue weighted by Crippen LogP contribution is -3.08. The second-order valence-electron chi connectivity index (χ2n) is 5.70. The number of hydrogen-bond donors (Lipinski definition) is 2. The number of carbonyl (C=O) groups is 1. The van der Waals surface area contributed by atoms with Crippen molar-refractivity contribution >= 4 is 34.8 Å². The van der Waals surface area contributed by atoms with Crippen LogP contribution in [0.15, 0.2) is 55.1 Å². The molecule has 2 N–H and O–H groups in total. The van der Waals surface area contributed by atoms with Crippen LogP contribution in [0.1, 0.15) is 5.56 Å². The number of amides is 1. The quantitative estimate of drug-likeness (QED) is 0.691. The molecule has 0 heterocycles. The summed E-state index contributed by atoms with van der Waals surface area (Å²) in [4.78, 5) is 13.2. The zero-order valence-corrected chi connectivity index (χ0v) is 15.5. The van der Waals surface area contributed by atoms with E-state index >= 15 is 0 Å². The lowest BCUT2D eigenvalue weighted by Gasteiger charge is -2.15. The van der Waals surface area contributed by atoms with Crippen LogP contribution < -0.4 is 15.0 Å². The number of ether oxygens (including phenoxy) is 1. The largest absolute Gasteiger partial charge is 0.490 e.